The standard InChI is InChI=1S/C26H38N6O5/c1-16(2)11-21(24(35)36)30-23(34)20(13-18-14-27-15-28-18)29-22(33)19(12-17-9-7-6-8-10-17)31-25(37)32-26(3,4)5/h6-10,14-16,19-21H,11-13H2,1-5H3,(H,27,28)(H,29,33)(H,30,34)(H,35,36)(H2,31,32,37)/t19-,20-,21-/m0/s1. The molecule has 0 saturated carbocycles. The molecule has 0 aliphatic rings. The van der Waals surface area contributed by atoms with Crippen molar-refractivity contribution in [1.29, 1.82) is 0 Å². The van der Waals surface area contributed by atoms with E-state index < -0.39 is 47.5 Å². The number of aromatic nitrogens is 2. The molecule has 1 aromatic carbocycles. The molecule has 0 aliphatic heterocycles. The van der Waals surface area contributed by atoms with E-state index in [1.54, 1.807) is 6.20 Å². The molecule has 11 nitrogen and oxygen atoms in total. The molecule has 11 heteroatoms. The van der Waals surface area contributed by atoms with Crippen LogP contribution in [0.3, 0.4) is 0 Å². The van der Waals surface area contributed by atoms with Crippen LogP contribution < -0.4 is 21.3 Å². The predicted octanol–water partition coefficient (Wildman–Crippen LogP) is 1.76. The molecule has 0 unspecified atom stereocenters. The second kappa shape index (κ2) is 13.4. The van der Waals surface area contributed by atoms with Crippen LogP contribution in [-0.2, 0) is 27.2 Å². The number of hydrogen-bond acceptors (Lipinski definition) is 5. The van der Waals surface area contributed by atoms with Crippen LogP contribution in [-0.4, -0.2) is 62.6 Å². The maximum atomic E-state index is 13.4. The number of carbonyl (C=O) groups excluding carboxylic acids is 3. The maximum Gasteiger partial charge on any atom is 0.326 e. The topological polar surface area (TPSA) is 165 Å². The van der Waals surface area contributed by atoms with E-state index in [0.29, 0.717) is 5.69 Å². The Morgan fingerprint density at radius 1 is 0.919 bits per heavy atom. The summed E-state index contributed by atoms with van der Waals surface area (Å²) < 4.78 is 0. The van der Waals surface area contributed by atoms with Crippen LogP contribution in [0.25, 0.3) is 0 Å². The zero-order chi connectivity index (χ0) is 27.6. The van der Waals surface area contributed by atoms with Crippen molar-refractivity contribution in [2.45, 2.75) is 77.5 Å². The second-order valence-electron chi connectivity index (χ2n) is 10.4. The lowest BCUT2D eigenvalue weighted by Gasteiger charge is -2.26. The summed E-state index contributed by atoms with van der Waals surface area (Å²) in [7, 11) is 0. The molecule has 0 spiro atoms. The molecule has 2 aromatic rings. The normalized spacial score (nSPS) is 13.8. The van der Waals surface area contributed by atoms with Crippen molar-refractivity contribution in [3.63, 3.8) is 0 Å². The molecule has 202 valence electrons. The fraction of sp³-hybridized carbons (Fsp3) is 0.500. The van der Waals surface area contributed by atoms with Crippen LogP contribution in [0.5, 0.6) is 0 Å². The molecule has 0 bridgehead atoms. The van der Waals surface area contributed by atoms with Crippen LogP contribution in [0.4, 0.5) is 4.79 Å². The first-order chi connectivity index (χ1) is 17.3. The van der Waals surface area contributed by atoms with Crippen LogP contribution >= 0.6 is 0 Å². The third kappa shape index (κ3) is 10.7. The Morgan fingerprint density at radius 3 is 2.03 bits per heavy atom. The Balaban J connectivity index is 2.25. The summed E-state index contributed by atoms with van der Waals surface area (Å²) in [5.41, 5.74) is 0.798. The Bertz CT molecular complexity index is 1030. The average Bonchev–Trinajstić information content (AvgIpc) is 3.30. The first-order valence-corrected chi connectivity index (χ1v) is 12.3. The van der Waals surface area contributed by atoms with Gasteiger partial charge in [0.25, 0.3) is 0 Å². The predicted molar refractivity (Wildman–Crippen MR) is 139 cm³/mol. The molecule has 2 rings (SSSR count). The number of carboxylic acids is 1. The Morgan fingerprint density at radius 2 is 1.51 bits per heavy atom. The number of carbonyl (C=O) groups is 4. The molecule has 0 aliphatic carbocycles. The van der Waals surface area contributed by atoms with Gasteiger partial charge in [-0.2, -0.15) is 0 Å². The monoisotopic (exact) mass is 514 g/mol. The average molecular weight is 515 g/mol. The van der Waals surface area contributed by atoms with E-state index in [9.17, 15) is 24.3 Å². The molecule has 0 radical (unpaired) electrons. The summed E-state index contributed by atoms with van der Waals surface area (Å²) in [5.74, 6) is -2.36. The molecule has 6 N–H and O–H groups in total. The molecule has 3 atom stereocenters. The quantitative estimate of drug-likeness (QED) is 0.253. The number of aromatic amines is 1. The Hall–Kier alpha value is -3.89. The summed E-state index contributed by atoms with van der Waals surface area (Å²) in [6.07, 6.45) is 3.48. The van der Waals surface area contributed by atoms with E-state index in [4.69, 9.17) is 0 Å². The lowest BCUT2D eigenvalue weighted by Crippen LogP contribution is -2.58. The minimum atomic E-state index is -1.16. The van der Waals surface area contributed by atoms with E-state index in [-0.39, 0.29) is 25.2 Å². The van der Waals surface area contributed by atoms with Gasteiger partial charge in [0, 0.05) is 24.6 Å². The number of aliphatic carboxylic acids is 1. The van der Waals surface area contributed by atoms with Gasteiger partial charge in [0.05, 0.1) is 12.0 Å². The highest BCUT2D eigenvalue weighted by Crippen LogP contribution is 2.09. The Kier molecular flexibility index (Phi) is 10.6. The molecular formula is C26H38N6O5. The number of nitrogens with zero attached hydrogens (tertiary/aromatic N) is 1. The van der Waals surface area contributed by atoms with Crippen LogP contribution in [0.15, 0.2) is 42.9 Å². The molecule has 37 heavy (non-hydrogen) atoms. The van der Waals surface area contributed by atoms with Gasteiger partial charge in [-0.1, -0.05) is 44.2 Å². The number of hydrogen-bond donors (Lipinski definition) is 6. The minimum Gasteiger partial charge on any atom is -0.480 e. The summed E-state index contributed by atoms with van der Waals surface area (Å²) in [6, 6.07) is 5.42. The van der Waals surface area contributed by atoms with Gasteiger partial charge in [0.2, 0.25) is 11.8 Å². The first-order valence-electron chi connectivity index (χ1n) is 12.3. The number of urea groups is 1. The summed E-state index contributed by atoms with van der Waals surface area (Å²) in [6.45, 7) is 9.17. The zero-order valence-corrected chi connectivity index (χ0v) is 22.0. The molecule has 1 heterocycles. The van der Waals surface area contributed by atoms with Crippen molar-refractivity contribution in [2.24, 2.45) is 5.92 Å². The third-order valence-electron chi connectivity index (χ3n) is 5.32. The van der Waals surface area contributed by atoms with Gasteiger partial charge in [0.1, 0.15) is 18.1 Å². The van der Waals surface area contributed by atoms with Crippen molar-refractivity contribution in [1.82, 2.24) is 31.2 Å². The second-order valence-corrected chi connectivity index (χ2v) is 10.4. The number of H-pyrrole nitrogens is 1. The lowest BCUT2D eigenvalue weighted by molar-refractivity contribution is -0.142. The molecule has 0 saturated heterocycles. The summed E-state index contributed by atoms with van der Waals surface area (Å²) in [5, 5.41) is 20.3. The van der Waals surface area contributed by atoms with Crippen molar-refractivity contribution < 1.29 is 24.3 Å². The molecular weight excluding hydrogens is 476 g/mol. The van der Waals surface area contributed by atoms with Crippen molar-refractivity contribution in [3.8, 4) is 0 Å². The van der Waals surface area contributed by atoms with E-state index >= 15 is 0 Å². The van der Waals surface area contributed by atoms with Gasteiger partial charge in [-0.15, -0.1) is 0 Å². The van der Waals surface area contributed by atoms with E-state index in [0.717, 1.165) is 5.56 Å². The molecule has 1 aromatic heterocycles. The number of imidazole rings is 1. The van der Waals surface area contributed by atoms with Gasteiger partial charge in [-0.3, -0.25) is 9.59 Å². The van der Waals surface area contributed by atoms with Gasteiger partial charge in [-0.05, 0) is 38.7 Å². The van der Waals surface area contributed by atoms with Gasteiger partial charge in [0.15, 0.2) is 0 Å². The first kappa shape index (κ1) is 29.3. The largest absolute Gasteiger partial charge is 0.480 e. The SMILES string of the molecule is CC(C)C[C@H](NC(=O)[C@H](Cc1c[nH]cn1)NC(=O)[C@H](Cc1ccccc1)NC(=O)NC(C)(C)C)C(=O)O. The third-order valence-corrected chi connectivity index (χ3v) is 5.32. The van der Waals surface area contributed by atoms with Gasteiger partial charge >= 0.3 is 12.0 Å². The highest BCUT2D eigenvalue weighted by molar-refractivity contribution is 5.93. The smallest absolute Gasteiger partial charge is 0.326 e. The Labute approximate surface area is 217 Å². The highest BCUT2D eigenvalue weighted by Gasteiger charge is 2.31. The van der Waals surface area contributed by atoms with Crippen molar-refractivity contribution >= 4 is 23.8 Å². The maximum absolute atomic E-state index is 13.4. The molecule has 4 amide bonds. The molecule has 0 fully saturated rings. The van der Waals surface area contributed by atoms with E-state index in [1.165, 1.54) is 6.33 Å². The van der Waals surface area contributed by atoms with E-state index in [2.05, 4.69) is 31.2 Å². The number of benzene rings is 1. The fourth-order valence-corrected chi connectivity index (χ4v) is 3.65. The lowest BCUT2D eigenvalue weighted by atomic mass is 10.0. The number of rotatable bonds is 12. The van der Waals surface area contributed by atoms with Gasteiger partial charge < -0.3 is 31.4 Å². The van der Waals surface area contributed by atoms with E-state index in [1.807, 2.05) is 65.0 Å². The van der Waals surface area contributed by atoms with Crippen molar-refractivity contribution in [2.75, 3.05) is 0 Å². The number of carboxylic acid groups (broad SMARTS) is 1. The summed E-state index contributed by atoms with van der Waals surface area (Å²) >= 11 is 0. The van der Waals surface area contributed by atoms with Gasteiger partial charge in [-0.25, -0.2) is 14.6 Å². The highest BCUT2D eigenvalue weighted by atomic mass is 16.4. The summed E-state index contributed by atoms with van der Waals surface area (Å²) in [4.78, 5) is 57.8. The van der Waals surface area contributed by atoms with Crippen LogP contribution in [0.2, 0.25) is 0 Å². The minimum absolute atomic E-state index is 0.0291. The number of nitrogens with one attached hydrogen (secondary N) is 5. The fourth-order valence-electron chi connectivity index (χ4n) is 3.65. The van der Waals surface area contributed by atoms with Crippen LogP contribution in [0.1, 0.15) is 52.3 Å². The van der Waals surface area contributed by atoms with Crippen LogP contribution in [0, 0.1) is 5.92 Å². The van der Waals surface area contributed by atoms with Crippen molar-refractivity contribution in [3.05, 3.63) is 54.1 Å². The zero-order valence-electron chi connectivity index (χ0n) is 22.0. The number of amides is 4.